The van der Waals surface area contributed by atoms with E-state index >= 15 is 0 Å². The number of amides is 1. The molecular formula is C9H11FN2O2. The van der Waals surface area contributed by atoms with Gasteiger partial charge in [-0.1, -0.05) is 6.07 Å². The van der Waals surface area contributed by atoms with Crippen LogP contribution in [0.25, 0.3) is 0 Å². The van der Waals surface area contributed by atoms with Crippen LogP contribution in [0.4, 0.5) is 10.1 Å². The summed E-state index contributed by atoms with van der Waals surface area (Å²) >= 11 is 0. The Labute approximate surface area is 80.9 Å². The lowest BCUT2D eigenvalue weighted by molar-refractivity contribution is -0.122. The van der Waals surface area contributed by atoms with Crippen LogP contribution in [0.5, 0.6) is 5.75 Å². The molecule has 0 spiro atoms. The predicted octanol–water partition coefficient (Wildman–Crippen LogP) is 0.533. The van der Waals surface area contributed by atoms with E-state index in [-0.39, 0.29) is 24.0 Å². The third-order valence-corrected chi connectivity index (χ3v) is 1.62. The largest absolute Gasteiger partial charge is 0.479 e. The maximum Gasteiger partial charge on any atom is 0.257 e. The topological polar surface area (TPSA) is 64.3 Å². The van der Waals surface area contributed by atoms with Crippen LogP contribution in [0.3, 0.4) is 0 Å². The summed E-state index contributed by atoms with van der Waals surface area (Å²) in [5, 5.41) is 2.35. The molecule has 0 bridgehead atoms. The van der Waals surface area contributed by atoms with Gasteiger partial charge >= 0.3 is 0 Å². The maximum atomic E-state index is 13.1. The average Bonchev–Trinajstić information content (AvgIpc) is 2.16. The van der Waals surface area contributed by atoms with Gasteiger partial charge in [-0.05, 0) is 12.1 Å². The van der Waals surface area contributed by atoms with Gasteiger partial charge in [-0.15, -0.1) is 0 Å². The van der Waals surface area contributed by atoms with Crippen LogP contribution in [0.1, 0.15) is 0 Å². The van der Waals surface area contributed by atoms with Crippen molar-refractivity contribution in [1.29, 1.82) is 0 Å². The average molecular weight is 198 g/mol. The van der Waals surface area contributed by atoms with Gasteiger partial charge in [0.2, 0.25) is 0 Å². The van der Waals surface area contributed by atoms with E-state index in [0.717, 1.165) is 0 Å². The Balaban J connectivity index is 2.71. The van der Waals surface area contributed by atoms with Crippen molar-refractivity contribution in [1.82, 2.24) is 5.32 Å². The predicted molar refractivity (Wildman–Crippen MR) is 50.4 cm³/mol. The first kappa shape index (κ1) is 10.3. The zero-order valence-electron chi connectivity index (χ0n) is 7.71. The highest BCUT2D eigenvalue weighted by atomic mass is 19.1. The van der Waals surface area contributed by atoms with Crippen molar-refractivity contribution in [2.24, 2.45) is 0 Å². The minimum absolute atomic E-state index is 0.0869. The molecule has 0 aliphatic carbocycles. The second-order valence-electron chi connectivity index (χ2n) is 2.62. The molecule has 0 aromatic heterocycles. The molecule has 0 aliphatic heterocycles. The van der Waals surface area contributed by atoms with Gasteiger partial charge in [0, 0.05) is 7.05 Å². The van der Waals surface area contributed by atoms with Crippen molar-refractivity contribution in [2.75, 3.05) is 19.4 Å². The molecule has 1 rings (SSSR count). The van der Waals surface area contributed by atoms with Gasteiger partial charge in [0.15, 0.2) is 18.2 Å². The molecule has 0 fully saturated rings. The third kappa shape index (κ3) is 2.35. The summed E-state index contributed by atoms with van der Waals surface area (Å²) in [6.07, 6.45) is 0. The van der Waals surface area contributed by atoms with Crippen molar-refractivity contribution >= 4 is 11.6 Å². The van der Waals surface area contributed by atoms with Gasteiger partial charge in [0.25, 0.3) is 5.91 Å². The van der Waals surface area contributed by atoms with E-state index in [4.69, 9.17) is 10.5 Å². The number of carbonyl (C=O) groups is 1. The Hall–Kier alpha value is -1.78. The molecule has 1 amide bonds. The molecule has 1 aromatic rings. The SMILES string of the molecule is CNC(=O)COc1c(N)cccc1F. The first-order chi connectivity index (χ1) is 6.65. The van der Waals surface area contributed by atoms with Gasteiger partial charge in [0.05, 0.1) is 5.69 Å². The third-order valence-electron chi connectivity index (χ3n) is 1.62. The molecule has 3 N–H and O–H groups in total. The first-order valence-electron chi connectivity index (χ1n) is 4.02. The Kier molecular flexibility index (Phi) is 3.28. The van der Waals surface area contributed by atoms with Crippen LogP contribution in [0, 0.1) is 5.82 Å². The summed E-state index contributed by atoms with van der Waals surface area (Å²) in [6.45, 7) is -0.248. The number of nitrogens with one attached hydrogen (secondary N) is 1. The zero-order valence-corrected chi connectivity index (χ0v) is 7.71. The number of nitrogen functional groups attached to an aromatic ring is 1. The molecule has 5 heteroatoms. The molecule has 1 aromatic carbocycles. The lowest BCUT2D eigenvalue weighted by Gasteiger charge is -2.08. The molecule has 0 heterocycles. The van der Waals surface area contributed by atoms with Crippen LogP contribution in [-0.4, -0.2) is 19.6 Å². The lowest BCUT2D eigenvalue weighted by Crippen LogP contribution is -2.25. The summed E-state index contributed by atoms with van der Waals surface area (Å²) in [6, 6.07) is 4.19. The van der Waals surface area contributed by atoms with Crippen molar-refractivity contribution < 1.29 is 13.9 Å². The Morgan fingerprint density at radius 3 is 2.93 bits per heavy atom. The second-order valence-corrected chi connectivity index (χ2v) is 2.62. The Morgan fingerprint density at radius 1 is 1.64 bits per heavy atom. The summed E-state index contributed by atoms with van der Waals surface area (Å²) in [5.41, 5.74) is 5.63. The molecule has 76 valence electrons. The Morgan fingerprint density at radius 2 is 2.36 bits per heavy atom. The number of rotatable bonds is 3. The van der Waals surface area contributed by atoms with E-state index in [1.807, 2.05) is 0 Å². The van der Waals surface area contributed by atoms with Crippen LogP contribution < -0.4 is 15.8 Å². The molecule has 0 unspecified atom stereocenters. The number of halogens is 1. The summed E-state index contributed by atoms with van der Waals surface area (Å²) < 4.78 is 18.0. The molecule has 0 atom stereocenters. The van der Waals surface area contributed by atoms with Crippen LogP contribution >= 0.6 is 0 Å². The second kappa shape index (κ2) is 4.45. The molecule has 0 saturated heterocycles. The van der Waals surface area contributed by atoms with E-state index < -0.39 is 5.82 Å². The zero-order chi connectivity index (χ0) is 10.6. The van der Waals surface area contributed by atoms with Gasteiger partial charge < -0.3 is 15.8 Å². The number of para-hydroxylation sites is 1. The van der Waals surface area contributed by atoms with Crippen molar-refractivity contribution in [2.45, 2.75) is 0 Å². The molecular weight excluding hydrogens is 187 g/mol. The van der Waals surface area contributed by atoms with Crippen LogP contribution in [0.2, 0.25) is 0 Å². The van der Waals surface area contributed by atoms with Gasteiger partial charge in [-0.25, -0.2) is 4.39 Å². The van der Waals surface area contributed by atoms with Crippen molar-refractivity contribution in [3.8, 4) is 5.75 Å². The highest BCUT2D eigenvalue weighted by molar-refractivity contribution is 5.77. The number of nitrogens with two attached hydrogens (primary N) is 1. The monoisotopic (exact) mass is 198 g/mol. The minimum atomic E-state index is -0.575. The number of anilines is 1. The van der Waals surface area contributed by atoms with E-state index in [9.17, 15) is 9.18 Å². The fourth-order valence-corrected chi connectivity index (χ4v) is 0.888. The molecule has 14 heavy (non-hydrogen) atoms. The quantitative estimate of drug-likeness (QED) is 0.696. The van der Waals surface area contributed by atoms with Crippen molar-refractivity contribution in [3.05, 3.63) is 24.0 Å². The van der Waals surface area contributed by atoms with Crippen LogP contribution in [-0.2, 0) is 4.79 Å². The normalized spacial score (nSPS) is 9.57. The molecule has 0 saturated carbocycles. The van der Waals surface area contributed by atoms with E-state index in [1.54, 1.807) is 0 Å². The number of ether oxygens (including phenoxy) is 1. The van der Waals surface area contributed by atoms with Gasteiger partial charge in [-0.3, -0.25) is 4.79 Å². The standard InChI is InChI=1S/C9H11FN2O2/c1-12-8(13)5-14-9-6(10)3-2-4-7(9)11/h2-4H,5,11H2,1H3,(H,12,13). The van der Waals surface area contributed by atoms with E-state index in [1.165, 1.54) is 25.2 Å². The number of likely N-dealkylation sites (N-methyl/N-ethyl adjacent to an activating group) is 1. The maximum absolute atomic E-state index is 13.1. The highest BCUT2D eigenvalue weighted by Crippen LogP contribution is 2.24. The molecule has 0 radical (unpaired) electrons. The minimum Gasteiger partial charge on any atom is -0.479 e. The fraction of sp³-hybridized carbons (Fsp3) is 0.222. The van der Waals surface area contributed by atoms with Gasteiger partial charge in [0.1, 0.15) is 0 Å². The number of benzene rings is 1. The molecule has 4 nitrogen and oxygen atoms in total. The van der Waals surface area contributed by atoms with E-state index in [2.05, 4.69) is 5.32 Å². The van der Waals surface area contributed by atoms with Gasteiger partial charge in [-0.2, -0.15) is 0 Å². The summed E-state index contributed by atoms with van der Waals surface area (Å²) in [4.78, 5) is 10.8. The smallest absolute Gasteiger partial charge is 0.257 e. The number of carbonyl (C=O) groups excluding carboxylic acids is 1. The van der Waals surface area contributed by atoms with Crippen molar-refractivity contribution in [3.63, 3.8) is 0 Å². The summed E-state index contributed by atoms with van der Waals surface area (Å²) in [7, 11) is 1.47. The highest BCUT2D eigenvalue weighted by Gasteiger charge is 2.08. The number of hydrogen-bond acceptors (Lipinski definition) is 3. The Bertz CT molecular complexity index is 321. The first-order valence-corrected chi connectivity index (χ1v) is 4.02. The van der Waals surface area contributed by atoms with E-state index in [0.29, 0.717) is 0 Å². The molecule has 0 aliphatic rings. The number of hydrogen-bond donors (Lipinski definition) is 2. The lowest BCUT2D eigenvalue weighted by atomic mass is 10.3. The summed E-state index contributed by atoms with van der Waals surface area (Å²) in [5.74, 6) is -1.00. The fourth-order valence-electron chi connectivity index (χ4n) is 0.888. The van der Waals surface area contributed by atoms with Crippen LogP contribution in [0.15, 0.2) is 18.2 Å².